The zero-order valence-corrected chi connectivity index (χ0v) is 23.1. The lowest BCUT2D eigenvalue weighted by atomic mass is 9.95. The number of rotatable bonds is 8. The number of carbonyl (C=O) groups is 1. The third-order valence-electron chi connectivity index (χ3n) is 6.32. The second kappa shape index (κ2) is 11.7. The summed E-state index contributed by atoms with van der Waals surface area (Å²) in [5.74, 6) is 0.00191. The first kappa shape index (κ1) is 27.1. The van der Waals surface area contributed by atoms with E-state index in [1.54, 1.807) is 24.3 Å². The Morgan fingerprint density at radius 2 is 1.74 bits per heavy atom. The number of sulfonamides is 1. The van der Waals surface area contributed by atoms with Crippen molar-refractivity contribution < 1.29 is 13.2 Å². The number of thioether (sulfide) groups is 1. The summed E-state index contributed by atoms with van der Waals surface area (Å²) < 4.78 is 29.4. The number of benzene rings is 2. The molecule has 1 fully saturated rings. The molecule has 0 atom stereocenters. The van der Waals surface area contributed by atoms with Crippen LogP contribution in [0.4, 0.5) is 5.82 Å². The van der Waals surface area contributed by atoms with Crippen molar-refractivity contribution in [1.29, 1.82) is 0 Å². The van der Waals surface area contributed by atoms with E-state index in [2.05, 4.69) is 25.2 Å². The van der Waals surface area contributed by atoms with Crippen molar-refractivity contribution >= 4 is 56.0 Å². The smallest absolute Gasteiger partial charge is 0.266 e. The first-order chi connectivity index (χ1) is 18.8. The Kier molecular flexibility index (Phi) is 8.15. The minimum Gasteiger partial charge on any atom is -0.353 e. The van der Waals surface area contributed by atoms with E-state index in [1.807, 2.05) is 0 Å². The van der Waals surface area contributed by atoms with Crippen LogP contribution in [0.3, 0.4) is 0 Å². The number of carbonyl (C=O) groups excluding carboxylic acids is 1. The highest BCUT2D eigenvalue weighted by molar-refractivity contribution is 7.99. The van der Waals surface area contributed by atoms with Crippen molar-refractivity contribution in [3.8, 4) is 5.69 Å². The van der Waals surface area contributed by atoms with Crippen LogP contribution in [0.1, 0.15) is 32.1 Å². The topological polar surface area (TPSA) is 136 Å². The van der Waals surface area contributed by atoms with E-state index in [0.717, 1.165) is 37.4 Å². The van der Waals surface area contributed by atoms with Crippen molar-refractivity contribution in [2.45, 2.75) is 48.2 Å². The van der Waals surface area contributed by atoms with Crippen molar-refractivity contribution in [2.75, 3.05) is 10.5 Å². The van der Waals surface area contributed by atoms with Crippen molar-refractivity contribution in [1.82, 2.24) is 25.1 Å². The number of nitrogens with one attached hydrogen (secondary N) is 2. The molecule has 1 saturated carbocycles. The maximum Gasteiger partial charge on any atom is 0.266 e. The average molecular weight is 585 g/mol. The number of hydrogen-bond donors (Lipinski definition) is 2. The molecule has 2 heterocycles. The first-order valence-corrected chi connectivity index (χ1v) is 15.2. The molecular weight excluding hydrogens is 560 g/mol. The maximum absolute atomic E-state index is 13.5. The third kappa shape index (κ3) is 6.40. The predicted octanol–water partition coefficient (Wildman–Crippen LogP) is 4.17. The van der Waals surface area contributed by atoms with Gasteiger partial charge in [-0.1, -0.05) is 54.8 Å². The molecule has 0 saturated heterocycles. The number of anilines is 1. The molecule has 39 heavy (non-hydrogen) atoms. The lowest BCUT2D eigenvalue weighted by Gasteiger charge is -2.22. The van der Waals surface area contributed by atoms with Gasteiger partial charge in [0.15, 0.2) is 16.1 Å². The summed E-state index contributed by atoms with van der Waals surface area (Å²) in [5.41, 5.74) is 0.612. The maximum atomic E-state index is 13.5. The molecule has 0 aliphatic heterocycles. The zero-order valence-electron chi connectivity index (χ0n) is 20.7. The van der Waals surface area contributed by atoms with Crippen LogP contribution in [0.5, 0.6) is 0 Å². The molecule has 10 nitrogen and oxygen atoms in total. The molecule has 1 aliphatic rings. The van der Waals surface area contributed by atoms with Gasteiger partial charge in [0.1, 0.15) is 0 Å². The van der Waals surface area contributed by atoms with Crippen molar-refractivity contribution in [3.63, 3.8) is 0 Å². The van der Waals surface area contributed by atoms with Crippen LogP contribution in [0.15, 0.2) is 75.5 Å². The van der Waals surface area contributed by atoms with Gasteiger partial charge in [-0.3, -0.25) is 18.9 Å². The lowest BCUT2D eigenvalue weighted by molar-refractivity contribution is -0.119. The van der Waals surface area contributed by atoms with E-state index in [1.165, 1.54) is 47.4 Å². The first-order valence-electron chi connectivity index (χ1n) is 12.4. The minimum absolute atomic E-state index is 0.0172. The van der Waals surface area contributed by atoms with Gasteiger partial charge in [-0.2, -0.15) is 0 Å². The zero-order chi connectivity index (χ0) is 27.4. The van der Waals surface area contributed by atoms with Gasteiger partial charge >= 0.3 is 0 Å². The summed E-state index contributed by atoms with van der Waals surface area (Å²) in [6.45, 7) is 0. The molecule has 1 amide bonds. The predicted molar refractivity (Wildman–Crippen MR) is 151 cm³/mol. The number of fused-ring (bicyclic) bond motifs is 1. The number of amides is 1. The molecule has 0 spiro atoms. The highest BCUT2D eigenvalue weighted by Crippen LogP contribution is 2.24. The van der Waals surface area contributed by atoms with E-state index in [4.69, 9.17) is 11.6 Å². The van der Waals surface area contributed by atoms with Crippen LogP contribution in [-0.2, 0) is 14.8 Å². The highest BCUT2D eigenvalue weighted by atomic mass is 35.5. The fraction of sp³-hybridized carbons (Fsp3) is 0.269. The Morgan fingerprint density at radius 1 is 1.00 bits per heavy atom. The van der Waals surface area contributed by atoms with Gasteiger partial charge < -0.3 is 5.32 Å². The Hall–Kier alpha value is -3.48. The van der Waals surface area contributed by atoms with Crippen LogP contribution in [0.25, 0.3) is 16.6 Å². The Bertz CT molecular complexity index is 1660. The number of aromatic nitrogens is 4. The van der Waals surface area contributed by atoms with E-state index >= 15 is 0 Å². The van der Waals surface area contributed by atoms with Crippen molar-refractivity contribution in [2.24, 2.45) is 0 Å². The molecule has 0 bridgehead atoms. The van der Waals surface area contributed by atoms with Crippen LogP contribution in [0, 0.1) is 0 Å². The second-order valence-electron chi connectivity index (χ2n) is 9.08. The van der Waals surface area contributed by atoms with Gasteiger partial charge in [-0.15, -0.1) is 10.2 Å². The second-order valence-corrected chi connectivity index (χ2v) is 12.1. The van der Waals surface area contributed by atoms with Crippen molar-refractivity contribution in [3.05, 3.63) is 76.2 Å². The Morgan fingerprint density at radius 3 is 2.46 bits per heavy atom. The van der Waals surface area contributed by atoms with Gasteiger partial charge in [-0.05, 0) is 61.4 Å². The summed E-state index contributed by atoms with van der Waals surface area (Å²) >= 11 is 6.88. The van der Waals surface area contributed by atoms with Gasteiger partial charge in [0.2, 0.25) is 5.91 Å². The average Bonchev–Trinajstić information content (AvgIpc) is 2.94. The molecule has 0 radical (unpaired) electrons. The Balaban J connectivity index is 1.42. The van der Waals surface area contributed by atoms with Gasteiger partial charge in [-0.25, -0.2) is 13.4 Å². The molecule has 2 N–H and O–H groups in total. The fourth-order valence-corrected chi connectivity index (χ4v) is 6.35. The molecule has 1 aliphatic carbocycles. The molecule has 4 aromatic rings. The normalized spacial score (nSPS) is 14.3. The third-order valence-corrected chi connectivity index (χ3v) is 8.83. The van der Waals surface area contributed by atoms with Crippen LogP contribution in [0.2, 0.25) is 5.15 Å². The molecule has 13 heteroatoms. The Labute approximate surface area is 234 Å². The monoisotopic (exact) mass is 584 g/mol. The number of para-hydroxylation sites is 1. The van der Waals surface area contributed by atoms with Crippen LogP contribution < -0.4 is 15.6 Å². The molecule has 2 aromatic heterocycles. The molecule has 2 aromatic carbocycles. The number of hydrogen-bond acceptors (Lipinski definition) is 8. The number of nitrogens with zero attached hydrogens (tertiary/aromatic N) is 4. The largest absolute Gasteiger partial charge is 0.353 e. The summed E-state index contributed by atoms with van der Waals surface area (Å²) in [4.78, 5) is 30.8. The van der Waals surface area contributed by atoms with E-state index < -0.39 is 10.0 Å². The molecule has 5 rings (SSSR count). The lowest BCUT2D eigenvalue weighted by Crippen LogP contribution is -2.37. The molecule has 0 unspecified atom stereocenters. The summed E-state index contributed by atoms with van der Waals surface area (Å²) in [6, 6.07) is 15.8. The number of halogens is 1. The van der Waals surface area contributed by atoms with Gasteiger partial charge in [0.25, 0.3) is 15.6 Å². The SMILES string of the molecule is O=C(CSc1nc2ccccc2c(=O)n1-c1ccc(S(=O)(=O)Nc2ccc(Cl)nn2)cc1)NC1CCCCC1. The summed E-state index contributed by atoms with van der Waals surface area (Å²) in [5, 5.41) is 11.3. The quantitative estimate of drug-likeness (QED) is 0.233. The molecule has 202 valence electrons. The van der Waals surface area contributed by atoms with E-state index in [9.17, 15) is 18.0 Å². The highest BCUT2D eigenvalue weighted by Gasteiger charge is 2.20. The van der Waals surface area contributed by atoms with Gasteiger partial charge in [0.05, 0.1) is 27.2 Å². The van der Waals surface area contributed by atoms with Gasteiger partial charge in [0, 0.05) is 6.04 Å². The van der Waals surface area contributed by atoms with Crippen LogP contribution in [-0.4, -0.2) is 45.9 Å². The standard InChI is InChI=1S/C26H25ClN6O4S2/c27-22-14-15-23(31-30-22)32-39(36,37)19-12-10-18(11-13-19)33-25(35)20-8-4-5-9-21(20)29-26(33)38-16-24(34)28-17-6-2-1-3-7-17/h4-5,8-15,17H,1-3,6-7,16H2,(H,28,34)(H,31,32). The summed E-state index contributed by atoms with van der Waals surface area (Å²) in [6.07, 6.45) is 5.37. The minimum atomic E-state index is -3.97. The summed E-state index contributed by atoms with van der Waals surface area (Å²) in [7, 11) is -3.97. The van der Waals surface area contributed by atoms with Crippen LogP contribution >= 0.6 is 23.4 Å². The van der Waals surface area contributed by atoms with E-state index in [-0.39, 0.29) is 39.1 Å². The fourth-order valence-electron chi connectivity index (χ4n) is 4.42. The molecular formula is C26H25ClN6O4S2. The van der Waals surface area contributed by atoms with E-state index in [0.29, 0.717) is 21.7 Å².